The number of pyridine rings is 1. The summed E-state index contributed by atoms with van der Waals surface area (Å²) in [7, 11) is 0. The van der Waals surface area contributed by atoms with Crippen molar-refractivity contribution >= 4 is 23.8 Å². The largest absolute Gasteiger partial charge is 0.478 e. The molecule has 88 valence electrons. The van der Waals surface area contributed by atoms with E-state index < -0.39 is 5.97 Å². The second-order valence-corrected chi connectivity index (χ2v) is 3.88. The average Bonchev–Trinajstić information content (AvgIpc) is 3.10. The molecule has 0 aromatic carbocycles. The van der Waals surface area contributed by atoms with Gasteiger partial charge in [-0.1, -0.05) is 6.07 Å². The maximum absolute atomic E-state index is 11.5. The van der Waals surface area contributed by atoms with Gasteiger partial charge in [0.1, 0.15) is 5.82 Å². The summed E-state index contributed by atoms with van der Waals surface area (Å²) in [5.41, 5.74) is 0.501. The average molecular weight is 232 g/mol. The molecule has 1 heterocycles. The first-order chi connectivity index (χ1) is 8.15. The minimum Gasteiger partial charge on any atom is -0.478 e. The summed E-state index contributed by atoms with van der Waals surface area (Å²) in [6, 6.07) is 5.07. The molecule has 0 bridgehead atoms. The van der Waals surface area contributed by atoms with Crippen LogP contribution >= 0.6 is 0 Å². The smallest absolute Gasteiger partial charge is 0.328 e. The Hall–Kier alpha value is -2.17. The summed E-state index contributed by atoms with van der Waals surface area (Å²) in [4.78, 5) is 26.0. The highest BCUT2D eigenvalue weighted by molar-refractivity contribution is 5.93. The molecule has 0 unspecified atom stereocenters. The minimum absolute atomic E-state index is 0.0168. The molecule has 5 nitrogen and oxygen atoms in total. The number of aliphatic carboxylic acids is 1. The zero-order valence-corrected chi connectivity index (χ0v) is 9.09. The monoisotopic (exact) mass is 232 g/mol. The van der Waals surface area contributed by atoms with Crippen LogP contribution < -0.4 is 5.32 Å². The molecule has 2 N–H and O–H groups in total. The van der Waals surface area contributed by atoms with E-state index in [0.29, 0.717) is 11.5 Å². The molecule has 17 heavy (non-hydrogen) atoms. The highest BCUT2D eigenvalue weighted by atomic mass is 16.4. The van der Waals surface area contributed by atoms with E-state index in [9.17, 15) is 9.59 Å². The zero-order valence-electron chi connectivity index (χ0n) is 9.09. The third-order valence-electron chi connectivity index (χ3n) is 2.37. The predicted molar refractivity (Wildman–Crippen MR) is 62.3 cm³/mol. The molecule has 0 aliphatic heterocycles. The van der Waals surface area contributed by atoms with Crippen LogP contribution in [0.5, 0.6) is 0 Å². The highest BCUT2D eigenvalue weighted by Gasteiger charge is 2.29. The molecule has 0 atom stereocenters. The van der Waals surface area contributed by atoms with E-state index >= 15 is 0 Å². The number of hydrogen-bond donors (Lipinski definition) is 2. The quantitative estimate of drug-likeness (QED) is 0.771. The van der Waals surface area contributed by atoms with E-state index in [2.05, 4.69) is 10.3 Å². The molecule has 2 rings (SSSR count). The normalized spacial score (nSPS) is 14.8. The minimum atomic E-state index is -1.03. The summed E-state index contributed by atoms with van der Waals surface area (Å²) in [6.07, 6.45) is 4.26. The Morgan fingerprint density at radius 3 is 2.82 bits per heavy atom. The van der Waals surface area contributed by atoms with Crippen LogP contribution in [0.15, 0.2) is 24.3 Å². The van der Waals surface area contributed by atoms with Crippen molar-refractivity contribution in [2.24, 2.45) is 5.92 Å². The van der Waals surface area contributed by atoms with Crippen molar-refractivity contribution in [3.63, 3.8) is 0 Å². The fourth-order valence-electron chi connectivity index (χ4n) is 1.34. The van der Waals surface area contributed by atoms with Crippen LogP contribution in [0.1, 0.15) is 18.5 Å². The molecular weight excluding hydrogens is 220 g/mol. The van der Waals surface area contributed by atoms with Crippen LogP contribution in [0.2, 0.25) is 0 Å². The number of amides is 1. The molecular formula is C12H12N2O3. The Morgan fingerprint density at radius 2 is 2.18 bits per heavy atom. The van der Waals surface area contributed by atoms with Gasteiger partial charge in [0.05, 0.1) is 5.69 Å². The molecule has 1 aliphatic carbocycles. The van der Waals surface area contributed by atoms with Gasteiger partial charge in [0.25, 0.3) is 0 Å². The van der Waals surface area contributed by atoms with Crippen LogP contribution in [0, 0.1) is 5.92 Å². The predicted octanol–water partition coefficient (Wildman–Crippen LogP) is 1.53. The van der Waals surface area contributed by atoms with Gasteiger partial charge in [0.2, 0.25) is 5.91 Å². The van der Waals surface area contributed by atoms with Crippen LogP contribution in [-0.4, -0.2) is 22.0 Å². The van der Waals surface area contributed by atoms with Crippen molar-refractivity contribution in [2.75, 3.05) is 5.32 Å². The second-order valence-electron chi connectivity index (χ2n) is 3.88. The van der Waals surface area contributed by atoms with Gasteiger partial charge >= 0.3 is 5.97 Å². The molecule has 1 aromatic heterocycles. The van der Waals surface area contributed by atoms with Gasteiger partial charge < -0.3 is 10.4 Å². The molecule has 0 radical (unpaired) electrons. The molecule has 1 aliphatic rings. The van der Waals surface area contributed by atoms with Crippen LogP contribution in [0.25, 0.3) is 6.08 Å². The van der Waals surface area contributed by atoms with E-state index in [0.717, 1.165) is 18.9 Å². The summed E-state index contributed by atoms with van der Waals surface area (Å²) in [5, 5.41) is 11.2. The number of carboxylic acids is 1. The first kappa shape index (κ1) is 11.3. The molecule has 5 heteroatoms. The number of rotatable bonds is 4. The fraction of sp³-hybridized carbons (Fsp3) is 0.250. The maximum Gasteiger partial charge on any atom is 0.328 e. The number of hydrogen-bond acceptors (Lipinski definition) is 3. The summed E-state index contributed by atoms with van der Waals surface area (Å²) in [6.45, 7) is 0. The van der Waals surface area contributed by atoms with Gasteiger partial charge in [-0.05, 0) is 31.1 Å². The van der Waals surface area contributed by atoms with Crippen molar-refractivity contribution < 1.29 is 14.7 Å². The lowest BCUT2D eigenvalue weighted by atomic mass is 10.3. The fourth-order valence-corrected chi connectivity index (χ4v) is 1.34. The van der Waals surface area contributed by atoms with Gasteiger partial charge in [0.15, 0.2) is 0 Å². The van der Waals surface area contributed by atoms with Crippen molar-refractivity contribution in [2.45, 2.75) is 12.8 Å². The van der Waals surface area contributed by atoms with Crippen molar-refractivity contribution in [1.29, 1.82) is 0 Å². The third-order valence-corrected chi connectivity index (χ3v) is 2.37. The highest BCUT2D eigenvalue weighted by Crippen LogP contribution is 2.29. The van der Waals surface area contributed by atoms with Crippen LogP contribution in [-0.2, 0) is 9.59 Å². The van der Waals surface area contributed by atoms with E-state index in [4.69, 9.17) is 5.11 Å². The first-order valence-corrected chi connectivity index (χ1v) is 5.34. The Labute approximate surface area is 98.2 Å². The van der Waals surface area contributed by atoms with Gasteiger partial charge in [-0.15, -0.1) is 0 Å². The Morgan fingerprint density at radius 1 is 1.41 bits per heavy atom. The number of carbonyl (C=O) groups is 2. The summed E-state index contributed by atoms with van der Waals surface area (Å²) >= 11 is 0. The lowest BCUT2D eigenvalue weighted by molar-refractivity contribution is -0.131. The molecule has 1 fully saturated rings. The topological polar surface area (TPSA) is 79.3 Å². The standard InChI is InChI=1S/C12H12N2O3/c15-11(16)7-6-9-2-1-3-10(13-9)14-12(17)8-4-5-8/h1-3,6-8H,4-5H2,(H,15,16)(H,13,14,17). The van der Waals surface area contributed by atoms with E-state index in [1.165, 1.54) is 6.08 Å². The summed E-state index contributed by atoms with van der Waals surface area (Å²) < 4.78 is 0. The molecule has 0 saturated heterocycles. The third kappa shape index (κ3) is 3.41. The lowest BCUT2D eigenvalue weighted by Gasteiger charge is -2.03. The SMILES string of the molecule is O=C(O)C=Cc1cccc(NC(=O)C2CC2)n1. The first-order valence-electron chi connectivity index (χ1n) is 5.34. The zero-order chi connectivity index (χ0) is 12.3. The van der Waals surface area contributed by atoms with Crippen LogP contribution in [0.4, 0.5) is 5.82 Å². The number of nitrogens with one attached hydrogen (secondary N) is 1. The molecule has 1 aromatic rings. The van der Waals surface area contributed by atoms with Crippen molar-refractivity contribution in [1.82, 2.24) is 4.98 Å². The molecule has 0 spiro atoms. The van der Waals surface area contributed by atoms with Gasteiger partial charge in [-0.3, -0.25) is 4.79 Å². The van der Waals surface area contributed by atoms with E-state index in [1.54, 1.807) is 18.2 Å². The summed E-state index contributed by atoms with van der Waals surface area (Å²) in [5.74, 6) is -0.472. The van der Waals surface area contributed by atoms with Gasteiger partial charge in [-0.2, -0.15) is 0 Å². The number of carboxylic acid groups (broad SMARTS) is 1. The van der Waals surface area contributed by atoms with E-state index in [1.807, 2.05) is 0 Å². The Kier molecular flexibility index (Phi) is 3.18. The van der Waals surface area contributed by atoms with Gasteiger partial charge in [-0.25, -0.2) is 9.78 Å². The Balaban J connectivity index is 2.05. The van der Waals surface area contributed by atoms with Gasteiger partial charge in [0, 0.05) is 12.0 Å². The number of anilines is 1. The Bertz CT molecular complexity index is 478. The number of carbonyl (C=O) groups excluding carboxylic acids is 1. The number of nitrogens with zero attached hydrogens (tertiary/aromatic N) is 1. The second kappa shape index (κ2) is 4.78. The van der Waals surface area contributed by atoms with E-state index in [-0.39, 0.29) is 11.8 Å². The maximum atomic E-state index is 11.5. The lowest BCUT2D eigenvalue weighted by Crippen LogP contribution is -2.14. The van der Waals surface area contributed by atoms with Crippen LogP contribution in [0.3, 0.4) is 0 Å². The molecule has 1 saturated carbocycles. The van der Waals surface area contributed by atoms with Crippen molar-refractivity contribution in [3.05, 3.63) is 30.0 Å². The van der Waals surface area contributed by atoms with Crippen molar-refractivity contribution in [3.8, 4) is 0 Å². The number of aromatic nitrogens is 1. The molecule has 1 amide bonds.